The Kier molecular flexibility index (Phi) is 13.4. The fourth-order valence-electron chi connectivity index (χ4n) is 3.84. The van der Waals surface area contributed by atoms with Gasteiger partial charge in [0.05, 0.1) is 23.5 Å². The van der Waals surface area contributed by atoms with Crippen LogP contribution in [0.3, 0.4) is 0 Å². The molecule has 2 rings (SSSR count). The van der Waals surface area contributed by atoms with Gasteiger partial charge in [-0.05, 0) is 122 Å². The Morgan fingerprint density at radius 1 is 0.727 bits per heavy atom. The van der Waals surface area contributed by atoms with Crippen LogP contribution in [0, 0.1) is 10.8 Å². The van der Waals surface area contributed by atoms with Gasteiger partial charge in [0.25, 0.3) is 0 Å². The number of benzene rings is 2. The van der Waals surface area contributed by atoms with Crippen molar-refractivity contribution in [1.82, 2.24) is 0 Å². The molecule has 0 saturated heterocycles. The molecule has 2 aromatic rings. The summed E-state index contributed by atoms with van der Waals surface area (Å²) in [5, 5.41) is 0. The predicted molar refractivity (Wildman–Crippen MR) is 172 cm³/mol. The van der Waals surface area contributed by atoms with Crippen molar-refractivity contribution >= 4 is 23.8 Å². The van der Waals surface area contributed by atoms with E-state index >= 15 is 0 Å². The lowest BCUT2D eigenvalue weighted by Gasteiger charge is -2.21. The van der Waals surface area contributed by atoms with Gasteiger partial charge < -0.3 is 23.7 Å². The third-order valence-electron chi connectivity index (χ3n) is 6.35. The summed E-state index contributed by atoms with van der Waals surface area (Å²) < 4.78 is 27.9. The first-order valence-corrected chi connectivity index (χ1v) is 14.6. The van der Waals surface area contributed by atoms with Crippen LogP contribution in [-0.2, 0) is 31.9 Å². The van der Waals surface area contributed by atoms with Crippen LogP contribution < -0.4 is 14.2 Å². The van der Waals surface area contributed by atoms with Crippen LogP contribution in [0.25, 0.3) is 6.08 Å². The first-order valence-electron chi connectivity index (χ1n) is 14.6. The Bertz CT molecular complexity index is 1370. The number of methoxy groups -OCH3 is 1. The maximum Gasteiger partial charge on any atom is 0.314 e. The van der Waals surface area contributed by atoms with Gasteiger partial charge in [-0.3, -0.25) is 14.4 Å². The van der Waals surface area contributed by atoms with Crippen LogP contribution in [0.2, 0.25) is 0 Å². The van der Waals surface area contributed by atoms with Crippen molar-refractivity contribution in [3.8, 4) is 17.2 Å². The van der Waals surface area contributed by atoms with Gasteiger partial charge in [-0.1, -0.05) is 24.3 Å². The zero-order chi connectivity index (χ0) is 32.9. The van der Waals surface area contributed by atoms with Crippen LogP contribution in [0.5, 0.6) is 17.2 Å². The quantitative estimate of drug-likeness (QED) is 0.0710. The van der Waals surface area contributed by atoms with E-state index in [1.54, 1.807) is 79.0 Å². The van der Waals surface area contributed by atoms with Gasteiger partial charge >= 0.3 is 11.9 Å². The summed E-state index contributed by atoms with van der Waals surface area (Å²) in [7, 11) is 1.57. The molecule has 2 aromatic carbocycles. The van der Waals surface area contributed by atoms with Crippen LogP contribution in [0.15, 0.2) is 60.7 Å². The number of hydrogen-bond acceptors (Lipinski definition) is 8. The Labute approximate surface area is 261 Å². The van der Waals surface area contributed by atoms with E-state index in [-0.39, 0.29) is 25.3 Å². The molecule has 0 spiro atoms. The van der Waals surface area contributed by atoms with Gasteiger partial charge in [-0.25, -0.2) is 0 Å². The second-order valence-electron chi connectivity index (χ2n) is 12.1. The summed E-state index contributed by atoms with van der Waals surface area (Å²) in [6, 6.07) is 8.55. The molecule has 0 aromatic heterocycles. The molecular weight excluding hydrogens is 560 g/mol. The van der Waals surface area contributed by atoms with Gasteiger partial charge in [0.2, 0.25) is 13.6 Å². The third-order valence-corrected chi connectivity index (χ3v) is 6.35. The average Bonchev–Trinajstić information content (AvgIpc) is 2.97. The third kappa shape index (κ3) is 10.7. The molecule has 0 unspecified atom stereocenters. The van der Waals surface area contributed by atoms with E-state index in [0.717, 1.165) is 11.1 Å². The SMILES string of the molecule is CC=CCc1cc(CC=CC)c(OCOC(=O)C(C)(C)C)c(C=CC(=O)c2ccc(OCOC(=O)C(C)(C)C)cc2)c1OC. The highest BCUT2D eigenvalue weighted by Gasteiger charge is 2.25. The maximum absolute atomic E-state index is 13.2. The Morgan fingerprint density at radius 2 is 1.23 bits per heavy atom. The molecule has 0 aliphatic heterocycles. The number of carbonyl (C=O) groups is 3. The fraction of sp³-hybridized carbons (Fsp3) is 0.417. The zero-order valence-electron chi connectivity index (χ0n) is 27.4. The predicted octanol–water partition coefficient (Wildman–Crippen LogP) is 7.68. The van der Waals surface area contributed by atoms with E-state index in [9.17, 15) is 14.4 Å². The summed E-state index contributed by atoms with van der Waals surface area (Å²) in [6.45, 7) is 14.0. The van der Waals surface area contributed by atoms with E-state index < -0.39 is 16.8 Å². The van der Waals surface area contributed by atoms with Crippen LogP contribution in [0.4, 0.5) is 0 Å². The molecule has 238 valence electrons. The molecule has 0 bridgehead atoms. The second kappa shape index (κ2) is 16.5. The van der Waals surface area contributed by atoms with Gasteiger partial charge in [0.15, 0.2) is 5.78 Å². The van der Waals surface area contributed by atoms with Crippen LogP contribution in [-0.4, -0.2) is 38.4 Å². The molecule has 0 saturated carbocycles. The highest BCUT2D eigenvalue weighted by molar-refractivity contribution is 6.07. The van der Waals surface area contributed by atoms with Gasteiger partial charge in [-0.15, -0.1) is 0 Å². The lowest BCUT2D eigenvalue weighted by Crippen LogP contribution is -2.25. The number of rotatable bonds is 14. The first kappa shape index (κ1) is 35.9. The maximum atomic E-state index is 13.2. The molecule has 0 atom stereocenters. The lowest BCUT2D eigenvalue weighted by atomic mass is 9.96. The van der Waals surface area contributed by atoms with Crippen molar-refractivity contribution in [2.75, 3.05) is 20.7 Å². The largest absolute Gasteiger partial charge is 0.496 e. The van der Waals surface area contributed by atoms with Crippen LogP contribution in [0.1, 0.15) is 82.4 Å². The highest BCUT2D eigenvalue weighted by Crippen LogP contribution is 2.38. The first-order chi connectivity index (χ1) is 20.7. The van der Waals surface area contributed by atoms with E-state index in [0.29, 0.717) is 41.2 Å². The Balaban J connectivity index is 2.40. The van der Waals surface area contributed by atoms with Gasteiger partial charge in [0, 0.05) is 5.56 Å². The highest BCUT2D eigenvalue weighted by atomic mass is 16.7. The van der Waals surface area contributed by atoms with E-state index in [1.807, 2.05) is 44.2 Å². The monoisotopic (exact) mass is 606 g/mol. The zero-order valence-corrected chi connectivity index (χ0v) is 27.4. The number of esters is 2. The molecule has 0 heterocycles. The van der Waals surface area contributed by atoms with E-state index in [4.69, 9.17) is 23.7 Å². The molecule has 8 nitrogen and oxygen atoms in total. The van der Waals surface area contributed by atoms with Crippen molar-refractivity contribution in [2.45, 2.75) is 68.2 Å². The normalized spacial score (nSPS) is 12.1. The Hall–Kier alpha value is -4.33. The van der Waals surface area contributed by atoms with E-state index in [2.05, 4.69) is 0 Å². The summed E-state index contributed by atoms with van der Waals surface area (Å²) in [4.78, 5) is 37.5. The topological polar surface area (TPSA) is 97.4 Å². The molecule has 0 aliphatic carbocycles. The molecule has 0 radical (unpaired) electrons. The van der Waals surface area contributed by atoms with Gasteiger partial charge in [0.1, 0.15) is 17.2 Å². The minimum Gasteiger partial charge on any atom is -0.496 e. The van der Waals surface area contributed by atoms with Gasteiger partial charge in [-0.2, -0.15) is 0 Å². The number of ketones is 1. The summed E-state index contributed by atoms with van der Waals surface area (Å²) in [5.74, 6) is 0.461. The van der Waals surface area contributed by atoms with E-state index in [1.165, 1.54) is 6.08 Å². The summed E-state index contributed by atoms with van der Waals surface area (Å²) in [6.07, 6.45) is 12.2. The molecule has 0 amide bonds. The smallest absolute Gasteiger partial charge is 0.314 e. The summed E-state index contributed by atoms with van der Waals surface area (Å²) >= 11 is 0. The molecule has 0 fully saturated rings. The average molecular weight is 607 g/mol. The van der Waals surface area contributed by atoms with Crippen molar-refractivity contribution in [1.29, 1.82) is 0 Å². The van der Waals surface area contributed by atoms with Crippen molar-refractivity contribution in [3.63, 3.8) is 0 Å². The number of allylic oxidation sites excluding steroid dienone is 5. The van der Waals surface area contributed by atoms with Crippen LogP contribution >= 0.6 is 0 Å². The lowest BCUT2D eigenvalue weighted by molar-refractivity contribution is -0.160. The summed E-state index contributed by atoms with van der Waals surface area (Å²) in [5.41, 5.74) is 1.46. The molecule has 8 heteroatoms. The van der Waals surface area contributed by atoms with Crippen molar-refractivity contribution in [2.24, 2.45) is 10.8 Å². The molecule has 0 aliphatic rings. The van der Waals surface area contributed by atoms with Crippen molar-refractivity contribution in [3.05, 3.63) is 83.0 Å². The number of hydrogen-bond donors (Lipinski definition) is 0. The minimum atomic E-state index is -0.683. The minimum absolute atomic E-state index is 0.226. The Morgan fingerprint density at radius 3 is 1.70 bits per heavy atom. The number of ether oxygens (including phenoxy) is 5. The van der Waals surface area contributed by atoms with Crippen molar-refractivity contribution < 1.29 is 38.1 Å². The standard InChI is InChI=1S/C36H46O8/c1-10-12-14-26-22-27(15-13-11-2)32(42-24-44-34(39)36(6,7)8)29(31(26)40-9)20-21-30(37)25-16-18-28(19-17-25)41-23-43-33(38)35(3,4)5/h10-13,16-22H,14-15,23-24H2,1-9H3. The molecule has 0 N–H and O–H groups in total. The fourth-order valence-corrected chi connectivity index (χ4v) is 3.84. The molecular formula is C36H46O8. The number of carbonyl (C=O) groups excluding carboxylic acids is 3. The molecule has 44 heavy (non-hydrogen) atoms. The second-order valence-corrected chi connectivity index (χ2v) is 12.1.